The monoisotopic (exact) mass is 268 g/mol. The van der Waals surface area contributed by atoms with Crippen LogP contribution in [-0.2, 0) is 12.1 Å². The van der Waals surface area contributed by atoms with Gasteiger partial charge in [-0.15, -0.1) is 5.10 Å². The lowest BCUT2D eigenvalue weighted by Gasteiger charge is -2.17. The lowest BCUT2D eigenvalue weighted by Crippen LogP contribution is -2.24. The van der Waals surface area contributed by atoms with E-state index in [1.807, 2.05) is 10.9 Å². The number of aliphatic hydroxyl groups is 1. The van der Waals surface area contributed by atoms with Crippen LogP contribution in [0.5, 0.6) is 0 Å². The summed E-state index contributed by atoms with van der Waals surface area (Å²) in [5.41, 5.74) is 0.946. The van der Waals surface area contributed by atoms with Gasteiger partial charge in [0, 0.05) is 13.2 Å². The number of hydrogen-bond donors (Lipinski definition) is 2. The highest BCUT2D eigenvalue weighted by molar-refractivity contribution is 4.94. The predicted molar refractivity (Wildman–Crippen MR) is 76.8 cm³/mol. The van der Waals surface area contributed by atoms with Crippen LogP contribution >= 0.6 is 0 Å². The van der Waals surface area contributed by atoms with Crippen LogP contribution in [0.3, 0.4) is 0 Å². The van der Waals surface area contributed by atoms with Crippen LogP contribution in [0.1, 0.15) is 52.7 Å². The lowest BCUT2D eigenvalue weighted by molar-refractivity contribution is 0.248. The molecule has 0 saturated carbocycles. The molecule has 1 aromatic heterocycles. The van der Waals surface area contributed by atoms with E-state index in [-0.39, 0.29) is 12.1 Å². The maximum absolute atomic E-state index is 9.02. The molecule has 5 nitrogen and oxygen atoms in total. The van der Waals surface area contributed by atoms with Crippen molar-refractivity contribution in [3.05, 3.63) is 11.9 Å². The van der Waals surface area contributed by atoms with E-state index in [1.54, 1.807) is 0 Å². The molecule has 1 aromatic rings. The summed E-state index contributed by atoms with van der Waals surface area (Å²) in [5.74, 6) is 0.549. The van der Waals surface area contributed by atoms with E-state index in [4.69, 9.17) is 5.11 Å². The van der Waals surface area contributed by atoms with Gasteiger partial charge in [0.15, 0.2) is 0 Å². The summed E-state index contributed by atoms with van der Waals surface area (Å²) in [4.78, 5) is 0. The zero-order valence-corrected chi connectivity index (χ0v) is 12.7. The van der Waals surface area contributed by atoms with Crippen molar-refractivity contribution in [1.29, 1.82) is 0 Å². The molecule has 5 heteroatoms. The molecule has 0 bridgehead atoms. The predicted octanol–water partition coefficient (Wildman–Crippen LogP) is 1.92. The van der Waals surface area contributed by atoms with Crippen LogP contribution < -0.4 is 5.32 Å². The fourth-order valence-corrected chi connectivity index (χ4v) is 2.05. The summed E-state index contributed by atoms with van der Waals surface area (Å²) in [6.07, 6.45) is 5.18. The van der Waals surface area contributed by atoms with Gasteiger partial charge in [0.1, 0.15) is 0 Å². The Balaban J connectivity index is 2.38. The van der Waals surface area contributed by atoms with Gasteiger partial charge in [0.05, 0.1) is 17.4 Å². The second-order valence-electron chi connectivity index (χ2n) is 6.12. The molecule has 1 unspecified atom stereocenters. The maximum Gasteiger partial charge on any atom is 0.0965 e. The van der Waals surface area contributed by atoms with Crippen LogP contribution in [0.15, 0.2) is 6.20 Å². The van der Waals surface area contributed by atoms with Gasteiger partial charge in [-0.3, -0.25) is 0 Å². The second-order valence-corrected chi connectivity index (χ2v) is 6.12. The number of rotatable bonds is 8. The number of hydrogen-bond acceptors (Lipinski definition) is 4. The fraction of sp³-hybridized carbons (Fsp3) is 0.857. The third-order valence-electron chi connectivity index (χ3n) is 3.20. The van der Waals surface area contributed by atoms with Crippen LogP contribution in [0.4, 0.5) is 0 Å². The maximum atomic E-state index is 9.02. The van der Waals surface area contributed by atoms with Gasteiger partial charge < -0.3 is 10.4 Å². The second kappa shape index (κ2) is 7.60. The zero-order chi connectivity index (χ0) is 14.3. The standard InChI is InChI=1S/C14H28N4O/c1-5-6-12(7-8-19)9-15-10-13-11-18(17-16-13)14(2,3)4/h11-12,15,19H,5-10H2,1-4H3. The van der Waals surface area contributed by atoms with E-state index in [0.717, 1.165) is 38.0 Å². The van der Waals surface area contributed by atoms with E-state index < -0.39 is 0 Å². The first-order chi connectivity index (χ1) is 8.97. The number of nitrogens with zero attached hydrogens (tertiary/aromatic N) is 3. The van der Waals surface area contributed by atoms with Crippen LogP contribution in [0, 0.1) is 5.92 Å². The Morgan fingerprint density at radius 2 is 2.11 bits per heavy atom. The van der Waals surface area contributed by atoms with Crippen molar-refractivity contribution in [1.82, 2.24) is 20.3 Å². The first-order valence-electron chi connectivity index (χ1n) is 7.20. The molecular weight excluding hydrogens is 240 g/mol. The van der Waals surface area contributed by atoms with Crippen LogP contribution in [0.2, 0.25) is 0 Å². The molecule has 0 radical (unpaired) electrons. The number of nitrogens with one attached hydrogen (secondary N) is 1. The Morgan fingerprint density at radius 1 is 1.37 bits per heavy atom. The smallest absolute Gasteiger partial charge is 0.0965 e. The van der Waals surface area contributed by atoms with Crippen LogP contribution in [0.25, 0.3) is 0 Å². The Bertz CT molecular complexity index is 351. The minimum atomic E-state index is -0.0209. The van der Waals surface area contributed by atoms with E-state index in [0.29, 0.717) is 5.92 Å². The molecule has 0 aromatic carbocycles. The van der Waals surface area contributed by atoms with Gasteiger partial charge in [0.25, 0.3) is 0 Å². The summed E-state index contributed by atoms with van der Waals surface area (Å²) < 4.78 is 1.89. The van der Waals surface area contributed by atoms with Crippen molar-refractivity contribution in [2.45, 2.75) is 59.0 Å². The first-order valence-corrected chi connectivity index (χ1v) is 7.20. The molecule has 0 saturated heterocycles. The Morgan fingerprint density at radius 3 is 2.63 bits per heavy atom. The largest absolute Gasteiger partial charge is 0.396 e. The van der Waals surface area contributed by atoms with E-state index >= 15 is 0 Å². The Kier molecular flexibility index (Phi) is 6.45. The van der Waals surface area contributed by atoms with E-state index in [1.165, 1.54) is 0 Å². The topological polar surface area (TPSA) is 63.0 Å². The normalized spacial score (nSPS) is 13.7. The number of aliphatic hydroxyl groups excluding tert-OH is 1. The molecule has 1 rings (SSSR count). The molecule has 0 amide bonds. The molecule has 1 atom stereocenters. The average molecular weight is 268 g/mol. The summed E-state index contributed by atoms with van der Waals surface area (Å²) in [6, 6.07) is 0. The molecule has 0 aliphatic rings. The van der Waals surface area contributed by atoms with Gasteiger partial charge in [-0.1, -0.05) is 18.6 Å². The molecule has 19 heavy (non-hydrogen) atoms. The molecule has 0 aliphatic heterocycles. The molecule has 0 spiro atoms. The summed E-state index contributed by atoms with van der Waals surface area (Å²) in [6.45, 7) is 10.4. The number of aromatic nitrogens is 3. The van der Waals surface area contributed by atoms with Gasteiger partial charge in [0.2, 0.25) is 0 Å². The molecule has 110 valence electrons. The fourth-order valence-electron chi connectivity index (χ4n) is 2.05. The summed E-state index contributed by atoms with van der Waals surface area (Å²) >= 11 is 0. The Labute approximate surface area is 116 Å². The van der Waals surface area contributed by atoms with Crippen molar-refractivity contribution >= 4 is 0 Å². The van der Waals surface area contributed by atoms with E-state index in [2.05, 4.69) is 43.3 Å². The van der Waals surface area contributed by atoms with Gasteiger partial charge in [-0.05, 0) is 46.1 Å². The van der Waals surface area contributed by atoms with E-state index in [9.17, 15) is 0 Å². The molecule has 2 N–H and O–H groups in total. The Hall–Kier alpha value is -0.940. The third-order valence-corrected chi connectivity index (χ3v) is 3.20. The van der Waals surface area contributed by atoms with Crippen molar-refractivity contribution in [3.8, 4) is 0 Å². The van der Waals surface area contributed by atoms with Crippen LogP contribution in [-0.4, -0.2) is 33.3 Å². The highest BCUT2D eigenvalue weighted by atomic mass is 16.3. The van der Waals surface area contributed by atoms with Crippen molar-refractivity contribution in [2.24, 2.45) is 5.92 Å². The van der Waals surface area contributed by atoms with Gasteiger partial charge >= 0.3 is 0 Å². The molecule has 1 heterocycles. The SMILES string of the molecule is CCCC(CCO)CNCc1cn(C(C)(C)C)nn1. The first kappa shape index (κ1) is 16.1. The minimum Gasteiger partial charge on any atom is -0.396 e. The molecule has 0 fully saturated rings. The minimum absolute atomic E-state index is 0.0209. The molecular formula is C14H28N4O. The summed E-state index contributed by atoms with van der Waals surface area (Å²) in [5, 5.41) is 20.7. The highest BCUT2D eigenvalue weighted by Crippen LogP contribution is 2.12. The van der Waals surface area contributed by atoms with Crippen molar-refractivity contribution in [2.75, 3.05) is 13.2 Å². The average Bonchev–Trinajstić information content (AvgIpc) is 2.78. The summed E-state index contributed by atoms with van der Waals surface area (Å²) in [7, 11) is 0. The highest BCUT2D eigenvalue weighted by Gasteiger charge is 2.15. The van der Waals surface area contributed by atoms with Crippen molar-refractivity contribution in [3.63, 3.8) is 0 Å². The zero-order valence-electron chi connectivity index (χ0n) is 12.7. The van der Waals surface area contributed by atoms with Gasteiger partial charge in [-0.25, -0.2) is 4.68 Å². The van der Waals surface area contributed by atoms with Crippen molar-refractivity contribution < 1.29 is 5.11 Å². The van der Waals surface area contributed by atoms with Gasteiger partial charge in [-0.2, -0.15) is 0 Å². The third kappa shape index (κ3) is 5.70. The molecule has 0 aliphatic carbocycles. The quantitative estimate of drug-likeness (QED) is 0.756. The lowest BCUT2D eigenvalue weighted by atomic mass is 10.0.